The molecule has 0 aliphatic rings. The Bertz CT molecular complexity index is 826. The zero-order valence-electron chi connectivity index (χ0n) is 16.6. The van der Waals surface area contributed by atoms with Gasteiger partial charge >= 0.3 is 6.09 Å². The van der Waals surface area contributed by atoms with E-state index in [2.05, 4.69) is 5.32 Å². The van der Waals surface area contributed by atoms with E-state index in [-0.39, 0.29) is 19.8 Å². The molecule has 0 aromatic heterocycles. The number of hydrogen-bond donors (Lipinski definition) is 3. The number of aliphatic hydroxyl groups is 2. The Balaban J connectivity index is 2.17. The van der Waals surface area contributed by atoms with E-state index in [1.165, 1.54) is 0 Å². The second kappa shape index (κ2) is 10.5. The van der Waals surface area contributed by atoms with Crippen LogP contribution >= 0.6 is 0 Å². The van der Waals surface area contributed by atoms with Crippen molar-refractivity contribution in [1.82, 2.24) is 0 Å². The summed E-state index contributed by atoms with van der Waals surface area (Å²) in [5.74, 6) is 0.601. The van der Waals surface area contributed by atoms with Crippen molar-refractivity contribution in [1.29, 1.82) is 5.26 Å². The van der Waals surface area contributed by atoms with E-state index in [0.717, 1.165) is 5.56 Å². The minimum Gasteiger partial charge on any atom is -0.491 e. The quantitative estimate of drug-likeness (QED) is 0.595. The van der Waals surface area contributed by atoms with Gasteiger partial charge in [-0.15, -0.1) is 0 Å². The molecule has 0 aliphatic heterocycles. The van der Waals surface area contributed by atoms with Crippen molar-refractivity contribution < 1.29 is 24.5 Å². The van der Waals surface area contributed by atoms with Gasteiger partial charge in [-0.1, -0.05) is 26.0 Å². The topological polar surface area (TPSA) is 112 Å². The van der Waals surface area contributed by atoms with Crippen LogP contribution in [0.3, 0.4) is 0 Å². The summed E-state index contributed by atoms with van der Waals surface area (Å²) in [6, 6.07) is 15.6. The van der Waals surface area contributed by atoms with Gasteiger partial charge in [0.25, 0.3) is 0 Å². The predicted octanol–water partition coefficient (Wildman–Crippen LogP) is 3.63. The minimum absolute atomic E-state index is 0.0399. The Hall–Kier alpha value is -3.08. The lowest BCUT2D eigenvalue weighted by Crippen LogP contribution is -2.29. The second-order valence-corrected chi connectivity index (χ2v) is 7.20. The van der Waals surface area contributed by atoms with Crippen molar-refractivity contribution in [3.05, 3.63) is 59.7 Å². The summed E-state index contributed by atoms with van der Waals surface area (Å²) in [4.78, 5) is 12.5. The van der Waals surface area contributed by atoms with Crippen molar-refractivity contribution in [2.24, 2.45) is 5.41 Å². The summed E-state index contributed by atoms with van der Waals surface area (Å²) in [5.41, 5.74) is 1.24. The van der Waals surface area contributed by atoms with Crippen LogP contribution in [0.25, 0.3) is 0 Å². The molecule has 0 spiro atoms. The maximum Gasteiger partial charge on any atom is 0.412 e. The smallest absolute Gasteiger partial charge is 0.412 e. The van der Waals surface area contributed by atoms with E-state index in [1.807, 2.05) is 19.9 Å². The number of aliphatic hydroxyl groups excluding tert-OH is 2. The first kappa shape index (κ1) is 22.2. The monoisotopic (exact) mass is 398 g/mol. The number of nitriles is 1. The molecule has 1 amide bonds. The van der Waals surface area contributed by atoms with Crippen molar-refractivity contribution >= 4 is 11.8 Å². The molecule has 1 atom stereocenters. The molecule has 0 fully saturated rings. The fraction of sp³-hybridized carbons (Fsp3) is 0.364. The molecule has 0 radical (unpaired) electrons. The molecule has 154 valence electrons. The molecule has 7 nitrogen and oxygen atoms in total. The lowest BCUT2D eigenvalue weighted by atomic mass is 9.80. The second-order valence-electron chi connectivity index (χ2n) is 7.20. The van der Waals surface area contributed by atoms with Gasteiger partial charge in [0, 0.05) is 17.7 Å². The molecular weight excluding hydrogens is 372 g/mol. The summed E-state index contributed by atoms with van der Waals surface area (Å²) in [5, 5.41) is 29.8. The Morgan fingerprint density at radius 3 is 2.31 bits per heavy atom. The fourth-order valence-corrected chi connectivity index (χ4v) is 2.88. The number of hydrogen-bond acceptors (Lipinski definition) is 6. The van der Waals surface area contributed by atoms with Crippen LogP contribution in [0.15, 0.2) is 48.5 Å². The van der Waals surface area contributed by atoms with Crippen molar-refractivity contribution in [3.8, 4) is 11.8 Å². The summed E-state index contributed by atoms with van der Waals surface area (Å²) < 4.78 is 11.1. The summed E-state index contributed by atoms with van der Waals surface area (Å²) in [7, 11) is 0. The van der Waals surface area contributed by atoms with Crippen LogP contribution in [-0.4, -0.2) is 36.1 Å². The highest BCUT2D eigenvalue weighted by Gasteiger charge is 2.34. The molecule has 0 unspecified atom stereocenters. The first-order valence-electron chi connectivity index (χ1n) is 9.32. The molecule has 0 heterocycles. The third kappa shape index (κ3) is 6.49. The van der Waals surface area contributed by atoms with Crippen LogP contribution in [0, 0.1) is 16.7 Å². The Labute approximate surface area is 170 Å². The third-order valence-corrected chi connectivity index (χ3v) is 4.49. The highest BCUT2D eigenvalue weighted by molar-refractivity contribution is 5.84. The van der Waals surface area contributed by atoms with E-state index in [9.17, 15) is 9.90 Å². The zero-order valence-corrected chi connectivity index (χ0v) is 16.6. The lowest BCUT2D eigenvalue weighted by Gasteiger charge is -2.33. The van der Waals surface area contributed by atoms with Gasteiger partial charge in [0.1, 0.15) is 18.5 Å². The molecule has 0 aliphatic carbocycles. The van der Waals surface area contributed by atoms with Crippen LogP contribution in [0.1, 0.15) is 37.5 Å². The number of anilines is 1. The number of amides is 1. The van der Waals surface area contributed by atoms with Gasteiger partial charge in [0.15, 0.2) is 0 Å². The maximum absolute atomic E-state index is 12.5. The maximum atomic E-state index is 12.5. The first-order valence-corrected chi connectivity index (χ1v) is 9.32. The van der Waals surface area contributed by atoms with Crippen LogP contribution in [0.5, 0.6) is 5.75 Å². The van der Waals surface area contributed by atoms with Gasteiger partial charge in [-0.2, -0.15) is 5.26 Å². The lowest BCUT2D eigenvalue weighted by molar-refractivity contribution is 0.0152. The number of rotatable bonds is 9. The Morgan fingerprint density at radius 2 is 1.76 bits per heavy atom. The molecular formula is C22H26N2O5. The first-order chi connectivity index (χ1) is 13.9. The number of carbonyl (C=O) groups excluding carboxylic acids is 1. The van der Waals surface area contributed by atoms with Crippen molar-refractivity contribution in [2.45, 2.75) is 26.4 Å². The molecule has 3 N–H and O–H groups in total. The largest absolute Gasteiger partial charge is 0.491 e. The van der Waals surface area contributed by atoms with Crippen molar-refractivity contribution in [3.63, 3.8) is 0 Å². The standard InChI is InChI=1S/C22H26N2O5/c1-22(2,11-12-25)20(17-5-9-19(10-6-17)28-14-13-26)29-21(27)24-18-7-3-16(15-23)4-8-18/h3-10,20,25-26H,11-14H2,1-2H3,(H,24,27)/t20-/m0/s1. The average molecular weight is 398 g/mol. The number of ether oxygens (including phenoxy) is 2. The Kier molecular flexibility index (Phi) is 8.01. The molecule has 0 saturated heterocycles. The number of nitrogens with zero attached hydrogens (tertiary/aromatic N) is 1. The summed E-state index contributed by atoms with van der Waals surface area (Å²) >= 11 is 0. The fourth-order valence-electron chi connectivity index (χ4n) is 2.88. The highest BCUT2D eigenvalue weighted by atomic mass is 16.6. The molecule has 2 rings (SSSR count). The zero-order chi connectivity index (χ0) is 21.3. The van der Waals surface area contributed by atoms with E-state index < -0.39 is 17.6 Å². The molecule has 7 heteroatoms. The SMILES string of the molecule is CC(C)(CCO)[C@@H](OC(=O)Nc1ccc(C#N)cc1)c1ccc(OCCO)cc1. The minimum atomic E-state index is -0.633. The van der Waals surface area contributed by atoms with Crippen LogP contribution in [0.2, 0.25) is 0 Å². The normalized spacial score (nSPS) is 12.0. The summed E-state index contributed by atoms with van der Waals surface area (Å²) in [6.45, 7) is 3.91. The number of nitrogens with one attached hydrogen (secondary N) is 1. The number of carbonyl (C=O) groups is 1. The van der Waals surface area contributed by atoms with Gasteiger partial charge in [0.05, 0.1) is 18.2 Å². The van der Waals surface area contributed by atoms with E-state index in [4.69, 9.17) is 19.8 Å². The van der Waals surface area contributed by atoms with Crippen LogP contribution in [-0.2, 0) is 4.74 Å². The van der Waals surface area contributed by atoms with Crippen LogP contribution < -0.4 is 10.1 Å². The molecule has 0 bridgehead atoms. The molecule has 2 aromatic carbocycles. The average Bonchev–Trinajstić information content (AvgIpc) is 2.71. The number of benzene rings is 2. The van der Waals surface area contributed by atoms with Crippen LogP contribution in [0.4, 0.5) is 10.5 Å². The van der Waals surface area contributed by atoms with Gasteiger partial charge in [0.2, 0.25) is 0 Å². The van der Waals surface area contributed by atoms with E-state index in [1.54, 1.807) is 48.5 Å². The van der Waals surface area contributed by atoms with Gasteiger partial charge in [-0.05, 0) is 48.4 Å². The van der Waals surface area contributed by atoms with E-state index in [0.29, 0.717) is 23.4 Å². The Morgan fingerprint density at radius 1 is 1.10 bits per heavy atom. The van der Waals surface area contributed by atoms with Gasteiger partial charge in [-0.25, -0.2) is 4.79 Å². The molecule has 29 heavy (non-hydrogen) atoms. The molecule has 2 aromatic rings. The summed E-state index contributed by atoms with van der Waals surface area (Å²) in [6.07, 6.45) is -0.809. The van der Waals surface area contributed by atoms with Crippen molar-refractivity contribution in [2.75, 3.05) is 25.1 Å². The predicted molar refractivity (Wildman–Crippen MR) is 109 cm³/mol. The highest BCUT2D eigenvalue weighted by Crippen LogP contribution is 2.40. The molecule has 0 saturated carbocycles. The van der Waals surface area contributed by atoms with E-state index >= 15 is 0 Å². The van der Waals surface area contributed by atoms with Gasteiger partial charge < -0.3 is 19.7 Å². The third-order valence-electron chi connectivity index (χ3n) is 4.49. The van der Waals surface area contributed by atoms with Gasteiger partial charge in [-0.3, -0.25) is 5.32 Å².